The SMILES string of the molecule is CCCNC(=O)C1COCCN1CC(C#N)C(F)(F)F. The molecular formula is C12H18F3N3O2. The lowest BCUT2D eigenvalue weighted by Gasteiger charge is -2.35. The smallest absolute Gasteiger partial charge is 0.378 e. The van der Waals surface area contributed by atoms with Crippen molar-refractivity contribution in [2.75, 3.05) is 32.8 Å². The van der Waals surface area contributed by atoms with E-state index in [9.17, 15) is 18.0 Å². The summed E-state index contributed by atoms with van der Waals surface area (Å²) in [5, 5.41) is 11.3. The molecule has 1 heterocycles. The Morgan fingerprint density at radius 2 is 2.30 bits per heavy atom. The van der Waals surface area contributed by atoms with Crippen LogP contribution in [0.5, 0.6) is 0 Å². The molecule has 114 valence electrons. The van der Waals surface area contributed by atoms with Gasteiger partial charge in [-0.2, -0.15) is 18.4 Å². The standard InChI is InChI=1S/C12H18F3N3O2/c1-2-3-17-11(19)10-8-20-5-4-18(10)7-9(6-16)12(13,14)15/h9-10H,2-5,7-8H2,1H3,(H,17,19). The third-order valence-electron chi connectivity index (χ3n) is 3.06. The topological polar surface area (TPSA) is 65.4 Å². The van der Waals surface area contributed by atoms with E-state index in [2.05, 4.69) is 5.32 Å². The predicted molar refractivity (Wildman–Crippen MR) is 64.6 cm³/mol. The van der Waals surface area contributed by atoms with Gasteiger partial charge >= 0.3 is 6.18 Å². The maximum atomic E-state index is 12.6. The molecule has 1 fully saturated rings. The van der Waals surface area contributed by atoms with Crippen molar-refractivity contribution < 1.29 is 22.7 Å². The fourth-order valence-electron chi connectivity index (χ4n) is 1.92. The number of hydrogen-bond donors (Lipinski definition) is 1. The van der Waals surface area contributed by atoms with E-state index >= 15 is 0 Å². The molecule has 0 saturated carbocycles. The van der Waals surface area contributed by atoms with Crippen LogP contribution < -0.4 is 5.32 Å². The quantitative estimate of drug-likeness (QED) is 0.818. The summed E-state index contributed by atoms with van der Waals surface area (Å²) in [7, 11) is 0. The number of carbonyl (C=O) groups is 1. The molecule has 0 aromatic heterocycles. The van der Waals surface area contributed by atoms with Crippen molar-refractivity contribution in [2.24, 2.45) is 5.92 Å². The van der Waals surface area contributed by atoms with Crippen LogP contribution in [0.1, 0.15) is 13.3 Å². The minimum absolute atomic E-state index is 0.0472. The second-order valence-electron chi connectivity index (χ2n) is 4.60. The van der Waals surface area contributed by atoms with Crippen LogP contribution in [-0.2, 0) is 9.53 Å². The highest BCUT2D eigenvalue weighted by Crippen LogP contribution is 2.27. The van der Waals surface area contributed by atoms with Gasteiger partial charge < -0.3 is 10.1 Å². The van der Waals surface area contributed by atoms with E-state index in [0.29, 0.717) is 6.54 Å². The van der Waals surface area contributed by atoms with Crippen LogP contribution in [0.15, 0.2) is 0 Å². The van der Waals surface area contributed by atoms with Crippen molar-refractivity contribution in [2.45, 2.75) is 25.6 Å². The average molecular weight is 293 g/mol. The Balaban J connectivity index is 2.69. The number of rotatable bonds is 5. The summed E-state index contributed by atoms with van der Waals surface area (Å²) >= 11 is 0. The van der Waals surface area contributed by atoms with Gasteiger partial charge in [-0.15, -0.1) is 0 Å². The molecule has 20 heavy (non-hydrogen) atoms. The van der Waals surface area contributed by atoms with E-state index in [1.54, 1.807) is 0 Å². The summed E-state index contributed by atoms with van der Waals surface area (Å²) in [5.41, 5.74) is 0. The Bertz CT molecular complexity index is 368. The van der Waals surface area contributed by atoms with E-state index in [1.807, 2.05) is 6.92 Å². The Labute approximate surface area is 115 Å². The maximum absolute atomic E-state index is 12.6. The third-order valence-corrected chi connectivity index (χ3v) is 3.06. The fourth-order valence-corrected chi connectivity index (χ4v) is 1.92. The molecule has 1 N–H and O–H groups in total. The van der Waals surface area contributed by atoms with Gasteiger partial charge in [-0.3, -0.25) is 9.69 Å². The van der Waals surface area contributed by atoms with E-state index in [4.69, 9.17) is 10.00 Å². The monoisotopic (exact) mass is 293 g/mol. The summed E-state index contributed by atoms with van der Waals surface area (Å²) in [6.07, 6.45) is -3.85. The largest absolute Gasteiger partial charge is 0.405 e. The molecule has 0 radical (unpaired) electrons. The zero-order valence-corrected chi connectivity index (χ0v) is 11.2. The van der Waals surface area contributed by atoms with Gasteiger partial charge in [0.05, 0.1) is 19.3 Å². The number of amides is 1. The zero-order chi connectivity index (χ0) is 15.2. The number of morpholine rings is 1. The maximum Gasteiger partial charge on any atom is 0.405 e. The van der Waals surface area contributed by atoms with Gasteiger partial charge in [0, 0.05) is 19.6 Å². The highest BCUT2D eigenvalue weighted by Gasteiger charge is 2.43. The lowest BCUT2D eigenvalue weighted by atomic mass is 10.1. The summed E-state index contributed by atoms with van der Waals surface area (Å²) in [6.45, 7) is 2.35. The minimum Gasteiger partial charge on any atom is -0.378 e. The van der Waals surface area contributed by atoms with E-state index < -0.39 is 24.7 Å². The summed E-state index contributed by atoms with van der Waals surface area (Å²) in [4.78, 5) is 13.3. The number of alkyl halides is 3. The van der Waals surface area contributed by atoms with E-state index in [1.165, 1.54) is 11.0 Å². The number of halogens is 3. The first-order valence-corrected chi connectivity index (χ1v) is 6.46. The summed E-state index contributed by atoms with van der Waals surface area (Å²) in [6, 6.07) is 0.483. The second-order valence-corrected chi connectivity index (χ2v) is 4.60. The normalized spacial score (nSPS) is 22.1. The molecule has 0 aromatic carbocycles. The first kappa shape index (κ1) is 16.7. The molecule has 0 aromatic rings. The molecule has 1 amide bonds. The lowest BCUT2D eigenvalue weighted by Crippen LogP contribution is -2.55. The highest BCUT2D eigenvalue weighted by molar-refractivity contribution is 5.82. The molecule has 1 aliphatic rings. The average Bonchev–Trinajstić information content (AvgIpc) is 2.41. The molecule has 1 aliphatic heterocycles. The Hall–Kier alpha value is -1.33. The third kappa shape index (κ3) is 4.65. The zero-order valence-electron chi connectivity index (χ0n) is 11.2. The minimum atomic E-state index is -4.59. The first-order chi connectivity index (χ1) is 9.40. The van der Waals surface area contributed by atoms with Crippen LogP contribution >= 0.6 is 0 Å². The van der Waals surface area contributed by atoms with Gasteiger partial charge in [0.1, 0.15) is 6.04 Å². The molecule has 5 nitrogen and oxygen atoms in total. The van der Waals surface area contributed by atoms with Crippen LogP contribution in [0, 0.1) is 17.2 Å². The molecule has 0 spiro atoms. The molecule has 1 rings (SSSR count). The van der Waals surface area contributed by atoms with E-state index in [0.717, 1.165) is 6.42 Å². The predicted octanol–water partition coefficient (Wildman–Crippen LogP) is 0.915. The van der Waals surface area contributed by atoms with Crippen molar-refractivity contribution in [1.29, 1.82) is 5.26 Å². The van der Waals surface area contributed by atoms with Crippen molar-refractivity contribution in [3.8, 4) is 6.07 Å². The number of nitrogens with zero attached hydrogens (tertiary/aromatic N) is 2. The van der Waals surface area contributed by atoms with Crippen molar-refractivity contribution in [1.82, 2.24) is 10.2 Å². The summed E-state index contributed by atoms with van der Waals surface area (Å²) in [5.74, 6) is -2.45. The molecule has 1 saturated heterocycles. The van der Waals surface area contributed by atoms with Crippen LogP contribution in [0.25, 0.3) is 0 Å². The summed E-state index contributed by atoms with van der Waals surface area (Å²) < 4.78 is 43.0. The Morgan fingerprint density at radius 1 is 1.60 bits per heavy atom. The van der Waals surface area contributed by atoms with E-state index in [-0.39, 0.29) is 25.7 Å². The Morgan fingerprint density at radius 3 is 2.85 bits per heavy atom. The van der Waals surface area contributed by atoms with Crippen LogP contribution in [0.4, 0.5) is 13.2 Å². The number of hydrogen-bond acceptors (Lipinski definition) is 4. The fraction of sp³-hybridized carbons (Fsp3) is 0.833. The van der Waals surface area contributed by atoms with Crippen molar-refractivity contribution >= 4 is 5.91 Å². The number of nitriles is 1. The lowest BCUT2D eigenvalue weighted by molar-refractivity contribution is -0.169. The molecular weight excluding hydrogens is 275 g/mol. The van der Waals surface area contributed by atoms with Gasteiger partial charge in [-0.1, -0.05) is 6.92 Å². The van der Waals surface area contributed by atoms with Gasteiger partial charge in [0.25, 0.3) is 0 Å². The van der Waals surface area contributed by atoms with Gasteiger partial charge in [0.15, 0.2) is 5.92 Å². The second kappa shape index (κ2) is 7.45. The molecule has 2 unspecified atom stereocenters. The highest BCUT2D eigenvalue weighted by atomic mass is 19.4. The van der Waals surface area contributed by atoms with Crippen LogP contribution in [0.2, 0.25) is 0 Å². The first-order valence-electron chi connectivity index (χ1n) is 6.46. The van der Waals surface area contributed by atoms with Crippen molar-refractivity contribution in [3.05, 3.63) is 0 Å². The van der Waals surface area contributed by atoms with Gasteiger partial charge in [-0.05, 0) is 6.42 Å². The van der Waals surface area contributed by atoms with Gasteiger partial charge in [0.2, 0.25) is 5.91 Å². The number of nitrogens with one attached hydrogen (secondary N) is 1. The molecule has 2 atom stereocenters. The molecule has 0 aliphatic carbocycles. The van der Waals surface area contributed by atoms with Crippen molar-refractivity contribution in [3.63, 3.8) is 0 Å². The molecule has 8 heteroatoms. The van der Waals surface area contributed by atoms with Gasteiger partial charge in [-0.25, -0.2) is 0 Å². The van der Waals surface area contributed by atoms with Crippen LogP contribution in [-0.4, -0.2) is 55.9 Å². The Kier molecular flexibility index (Phi) is 6.23. The molecule has 0 bridgehead atoms. The number of ether oxygens (including phenoxy) is 1. The number of carbonyl (C=O) groups excluding carboxylic acids is 1. The van der Waals surface area contributed by atoms with Crippen LogP contribution in [0.3, 0.4) is 0 Å².